The highest BCUT2D eigenvalue weighted by atomic mass is 79.9. The maximum atomic E-state index is 6.09. The second-order valence-corrected chi connectivity index (χ2v) is 7.63. The lowest BCUT2D eigenvalue weighted by Crippen LogP contribution is -2.08. The highest BCUT2D eigenvalue weighted by Gasteiger charge is 2.64. The van der Waals surface area contributed by atoms with Crippen molar-refractivity contribution in [1.82, 2.24) is 9.55 Å². The summed E-state index contributed by atoms with van der Waals surface area (Å²) in [5.74, 6) is 1.25. The molecule has 2 aromatic rings. The first-order chi connectivity index (χ1) is 8.75. The Morgan fingerprint density at radius 1 is 1.26 bits per heavy atom. The molecule has 3 nitrogen and oxygen atoms in total. The Morgan fingerprint density at radius 3 is 2.47 bits per heavy atom. The van der Waals surface area contributed by atoms with Crippen molar-refractivity contribution in [3.05, 3.63) is 22.7 Å². The van der Waals surface area contributed by atoms with Gasteiger partial charge in [0.15, 0.2) is 0 Å². The molecule has 0 atom stereocenters. The minimum absolute atomic E-state index is 0.363. The number of hydrogen-bond donors (Lipinski definition) is 1. The average molecular weight is 322 g/mol. The Bertz CT molecular complexity index is 641. The molecule has 4 heteroatoms. The molecule has 102 valence electrons. The van der Waals surface area contributed by atoms with Crippen LogP contribution >= 0.6 is 15.9 Å². The van der Waals surface area contributed by atoms with E-state index in [1.165, 1.54) is 0 Å². The van der Waals surface area contributed by atoms with Crippen molar-refractivity contribution in [1.29, 1.82) is 0 Å². The molecule has 1 saturated carbocycles. The minimum atomic E-state index is 0.363. The lowest BCUT2D eigenvalue weighted by atomic mass is 10.0. The zero-order valence-corrected chi connectivity index (χ0v) is 13.5. The van der Waals surface area contributed by atoms with Crippen molar-refractivity contribution >= 4 is 32.9 Å². The fraction of sp³-hybridized carbons (Fsp3) is 0.533. The van der Waals surface area contributed by atoms with Crippen LogP contribution in [0.1, 0.15) is 27.7 Å². The average Bonchev–Trinajstić information content (AvgIpc) is 2.58. The molecule has 0 spiro atoms. The number of anilines is 1. The van der Waals surface area contributed by atoms with Crippen LogP contribution in [-0.2, 0) is 6.54 Å². The molecule has 1 aliphatic carbocycles. The number of nitrogen functional groups attached to an aromatic ring is 1. The van der Waals surface area contributed by atoms with Gasteiger partial charge in [-0.15, -0.1) is 0 Å². The third-order valence-electron chi connectivity index (χ3n) is 5.42. The van der Waals surface area contributed by atoms with Gasteiger partial charge in [0.1, 0.15) is 0 Å². The number of fused-ring (bicyclic) bond motifs is 1. The second kappa shape index (κ2) is 3.75. The van der Waals surface area contributed by atoms with Crippen LogP contribution in [0.3, 0.4) is 0 Å². The van der Waals surface area contributed by atoms with E-state index in [0.29, 0.717) is 22.7 Å². The van der Waals surface area contributed by atoms with E-state index in [-0.39, 0.29) is 0 Å². The molecular formula is C15H20BrN3. The molecule has 1 aromatic heterocycles. The van der Waals surface area contributed by atoms with Gasteiger partial charge in [-0.1, -0.05) is 43.6 Å². The Hall–Kier alpha value is -1.03. The predicted octanol–water partition coefficient (Wildman–Crippen LogP) is 4.06. The lowest BCUT2D eigenvalue weighted by Gasteiger charge is -2.08. The molecule has 1 aromatic carbocycles. The highest BCUT2D eigenvalue weighted by Crippen LogP contribution is 2.69. The summed E-state index contributed by atoms with van der Waals surface area (Å²) >= 11 is 3.52. The van der Waals surface area contributed by atoms with Gasteiger partial charge in [-0.3, -0.25) is 0 Å². The maximum absolute atomic E-state index is 6.09. The first-order valence-corrected chi connectivity index (χ1v) is 7.45. The Balaban J connectivity index is 2.02. The maximum Gasteiger partial charge on any atom is 0.201 e. The minimum Gasteiger partial charge on any atom is -0.369 e. The number of aromatic nitrogens is 2. The van der Waals surface area contributed by atoms with Crippen LogP contribution < -0.4 is 5.73 Å². The van der Waals surface area contributed by atoms with Gasteiger partial charge in [0.25, 0.3) is 0 Å². The number of nitrogens with zero attached hydrogens (tertiary/aromatic N) is 2. The smallest absolute Gasteiger partial charge is 0.201 e. The Labute approximate surface area is 122 Å². The molecule has 0 bridgehead atoms. The van der Waals surface area contributed by atoms with Crippen molar-refractivity contribution in [2.45, 2.75) is 34.2 Å². The second-order valence-electron chi connectivity index (χ2n) is 6.71. The summed E-state index contributed by atoms with van der Waals surface area (Å²) in [5.41, 5.74) is 8.90. The zero-order valence-electron chi connectivity index (χ0n) is 11.9. The van der Waals surface area contributed by atoms with E-state index in [2.05, 4.69) is 59.2 Å². The fourth-order valence-electron chi connectivity index (χ4n) is 3.28. The first kappa shape index (κ1) is 13.0. The van der Waals surface area contributed by atoms with Crippen LogP contribution in [0, 0.1) is 16.7 Å². The van der Waals surface area contributed by atoms with Crippen LogP contribution in [0.4, 0.5) is 5.95 Å². The van der Waals surface area contributed by atoms with E-state index < -0.39 is 0 Å². The van der Waals surface area contributed by atoms with Gasteiger partial charge >= 0.3 is 0 Å². The summed E-state index contributed by atoms with van der Waals surface area (Å²) in [4.78, 5) is 4.45. The number of benzene rings is 1. The van der Waals surface area contributed by atoms with E-state index in [0.717, 1.165) is 22.1 Å². The summed E-state index contributed by atoms with van der Waals surface area (Å²) in [7, 11) is 0. The molecule has 0 amide bonds. The monoisotopic (exact) mass is 321 g/mol. The molecule has 1 fully saturated rings. The first-order valence-electron chi connectivity index (χ1n) is 6.66. The van der Waals surface area contributed by atoms with Gasteiger partial charge in [-0.25, -0.2) is 4.98 Å². The van der Waals surface area contributed by atoms with E-state index in [4.69, 9.17) is 5.73 Å². The number of hydrogen-bond acceptors (Lipinski definition) is 2. The topological polar surface area (TPSA) is 43.8 Å². The van der Waals surface area contributed by atoms with Gasteiger partial charge in [-0.2, -0.15) is 0 Å². The van der Waals surface area contributed by atoms with Crippen LogP contribution in [0.2, 0.25) is 0 Å². The summed E-state index contributed by atoms with van der Waals surface area (Å²) in [6.45, 7) is 10.3. The number of nitrogens with two attached hydrogens (primary N) is 1. The van der Waals surface area contributed by atoms with Gasteiger partial charge in [0.05, 0.1) is 11.0 Å². The fourth-order valence-corrected chi connectivity index (χ4v) is 3.63. The van der Waals surface area contributed by atoms with E-state index in [1.54, 1.807) is 0 Å². The van der Waals surface area contributed by atoms with Crippen LogP contribution in [0.25, 0.3) is 11.0 Å². The Kier molecular flexibility index (Phi) is 2.56. The molecule has 1 heterocycles. The normalized spacial score (nSPS) is 20.9. The molecule has 0 saturated heterocycles. The van der Waals surface area contributed by atoms with E-state index in [9.17, 15) is 0 Å². The largest absolute Gasteiger partial charge is 0.369 e. The molecular weight excluding hydrogens is 302 g/mol. The van der Waals surface area contributed by atoms with Crippen LogP contribution in [0.15, 0.2) is 22.7 Å². The summed E-state index contributed by atoms with van der Waals surface area (Å²) in [6, 6.07) is 6.11. The van der Waals surface area contributed by atoms with E-state index >= 15 is 0 Å². The number of imidazole rings is 1. The molecule has 2 N–H and O–H groups in total. The molecule has 0 unspecified atom stereocenters. The van der Waals surface area contributed by atoms with Crippen molar-refractivity contribution in [3.63, 3.8) is 0 Å². The van der Waals surface area contributed by atoms with Gasteiger partial charge in [0.2, 0.25) is 5.95 Å². The summed E-state index contributed by atoms with van der Waals surface area (Å²) in [6.07, 6.45) is 0. The molecule has 19 heavy (non-hydrogen) atoms. The summed E-state index contributed by atoms with van der Waals surface area (Å²) < 4.78 is 3.22. The van der Waals surface area contributed by atoms with Gasteiger partial charge < -0.3 is 10.3 Å². The van der Waals surface area contributed by atoms with Crippen molar-refractivity contribution in [3.8, 4) is 0 Å². The van der Waals surface area contributed by atoms with Crippen molar-refractivity contribution in [2.75, 3.05) is 5.73 Å². The highest BCUT2D eigenvalue weighted by molar-refractivity contribution is 9.10. The molecule has 0 radical (unpaired) electrons. The number of halogens is 1. The Morgan fingerprint density at radius 2 is 1.89 bits per heavy atom. The zero-order chi connectivity index (χ0) is 14.0. The van der Waals surface area contributed by atoms with Gasteiger partial charge in [0, 0.05) is 11.0 Å². The van der Waals surface area contributed by atoms with E-state index in [1.807, 2.05) is 12.1 Å². The molecule has 0 aliphatic heterocycles. The van der Waals surface area contributed by atoms with Crippen molar-refractivity contribution < 1.29 is 0 Å². The standard InChI is InChI=1S/C15H20BrN3/c1-14(2)12(15(14,3)4)8-19-11-7-9(16)5-6-10(11)18-13(19)17/h5-7,12H,8H2,1-4H3,(H2,17,18). The predicted molar refractivity (Wildman–Crippen MR) is 82.9 cm³/mol. The SMILES string of the molecule is CC1(C)C(Cn2c(N)nc3ccc(Br)cc32)C1(C)C. The number of rotatable bonds is 2. The van der Waals surface area contributed by atoms with Gasteiger partial charge in [-0.05, 0) is 34.9 Å². The lowest BCUT2D eigenvalue weighted by molar-refractivity contribution is 0.457. The van der Waals surface area contributed by atoms with Crippen LogP contribution in [-0.4, -0.2) is 9.55 Å². The third kappa shape index (κ3) is 1.72. The van der Waals surface area contributed by atoms with Crippen LogP contribution in [0.5, 0.6) is 0 Å². The third-order valence-corrected chi connectivity index (χ3v) is 5.92. The molecule has 3 rings (SSSR count). The quantitative estimate of drug-likeness (QED) is 0.906. The van der Waals surface area contributed by atoms with Crippen molar-refractivity contribution in [2.24, 2.45) is 16.7 Å². The molecule has 1 aliphatic rings. The summed E-state index contributed by atoms with van der Waals surface area (Å²) in [5, 5.41) is 0.